The molecule has 1 aliphatic rings. The fourth-order valence-corrected chi connectivity index (χ4v) is 2.59. The quantitative estimate of drug-likeness (QED) is 0.625. The van der Waals surface area contributed by atoms with Crippen molar-refractivity contribution in [1.29, 1.82) is 0 Å². The molecule has 0 saturated carbocycles. The molecule has 1 aliphatic heterocycles. The minimum Gasteiger partial charge on any atom is -0.472 e. The van der Waals surface area contributed by atoms with Crippen molar-refractivity contribution < 1.29 is 19.0 Å². The van der Waals surface area contributed by atoms with E-state index in [1.54, 1.807) is 11.8 Å². The van der Waals surface area contributed by atoms with Gasteiger partial charge in [-0.15, -0.1) is 0 Å². The largest absolute Gasteiger partial charge is 0.472 e. The summed E-state index contributed by atoms with van der Waals surface area (Å²) in [7, 11) is 0. The van der Waals surface area contributed by atoms with Gasteiger partial charge in [-0.25, -0.2) is 4.63 Å². The van der Waals surface area contributed by atoms with E-state index < -0.39 is 5.92 Å². The molecule has 8 heteroatoms. The van der Waals surface area contributed by atoms with E-state index in [2.05, 4.69) is 20.3 Å². The number of ether oxygens (including phenoxy) is 1. The summed E-state index contributed by atoms with van der Waals surface area (Å²) in [5, 5.41) is 9.89. The maximum Gasteiger partial charge on any atom is 0.278 e. The number of nitrogens with one attached hydrogen (secondary N) is 1. The molecule has 1 atom stereocenters. The molecule has 0 unspecified atom stereocenters. The van der Waals surface area contributed by atoms with E-state index >= 15 is 0 Å². The van der Waals surface area contributed by atoms with Crippen LogP contribution in [0.25, 0.3) is 0 Å². The fourth-order valence-electron chi connectivity index (χ4n) is 2.59. The number of amides is 2. The number of nitrogens with zero attached hydrogens (tertiary/aromatic N) is 3. The van der Waals surface area contributed by atoms with Gasteiger partial charge in [-0.05, 0) is 30.6 Å². The normalized spacial score (nSPS) is 17.1. The van der Waals surface area contributed by atoms with Crippen LogP contribution in [0.3, 0.4) is 0 Å². The number of anilines is 1. The molecule has 0 aliphatic carbocycles. The first-order valence-corrected chi connectivity index (χ1v) is 7.73. The summed E-state index contributed by atoms with van der Waals surface area (Å²) in [6.45, 7) is 2.76. The van der Waals surface area contributed by atoms with Crippen LogP contribution in [0.2, 0.25) is 0 Å². The van der Waals surface area contributed by atoms with E-state index in [1.165, 1.54) is 0 Å². The first-order chi connectivity index (χ1) is 11.7. The van der Waals surface area contributed by atoms with E-state index in [4.69, 9.17) is 4.74 Å². The zero-order valence-electron chi connectivity index (χ0n) is 13.3. The van der Waals surface area contributed by atoms with E-state index in [0.29, 0.717) is 24.5 Å². The van der Waals surface area contributed by atoms with Gasteiger partial charge in [-0.2, -0.15) is 0 Å². The third-order valence-electron chi connectivity index (χ3n) is 3.84. The Labute approximate surface area is 138 Å². The molecular weight excluding hydrogens is 312 g/mol. The second kappa shape index (κ2) is 7.12. The van der Waals surface area contributed by atoms with Crippen molar-refractivity contribution >= 4 is 17.5 Å². The molecular formula is C16H18N4O4. The number of para-hydroxylation sites is 1. The van der Waals surface area contributed by atoms with E-state index in [1.807, 2.05) is 30.3 Å². The molecule has 0 radical (unpaired) electrons. The SMILES string of the molecule is Cc1nonc1OCCNC(=O)[C@H]1CCN(c2ccccc2)C1=O. The van der Waals surface area contributed by atoms with Crippen molar-refractivity contribution in [3.05, 3.63) is 36.0 Å². The van der Waals surface area contributed by atoms with Crippen LogP contribution >= 0.6 is 0 Å². The van der Waals surface area contributed by atoms with Crippen LogP contribution in [0.1, 0.15) is 12.1 Å². The highest BCUT2D eigenvalue weighted by Gasteiger charge is 2.37. The van der Waals surface area contributed by atoms with Crippen LogP contribution < -0.4 is 15.0 Å². The number of hydrogen-bond donors (Lipinski definition) is 1. The number of carbonyl (C=O) groups is 2. The number of hydrogen-bond acceptors (Lipinski definition) is 6. The van der Waals surface area contributed by atoms with E-state index in [-0.39, 0.29) is 25.0 Å². The molecule has 0 spiro atoms. The Morgan fingerprint density at radius 1 is 1.38 bits per heavy atom. The zero-order valence-corrected chi connectivity index (χ0v) is 13.3. The standard InChI is InChI=1S/C16H18N4O4/c1-11-15(19-24-18-11)23-10-8-17-14(21)13-7-9-20(16(13)22)12-5-3-2-4-6-12/h2-6,13H,7-10H2,1H3,(H,17,21)/t13-/m1/s1. The van der Waals surface area contributed by atoms with Crippen LogP contribution in [-0.4, -0.2) is 41.8 Å². The zero-order chi connectivity index (χ0) is 16.9. The van der Waals surface area contributed by atoms with Gasteiger partial charge in [0.1, 0.15) is 18.2 Å². The smallest absolute Gasteiger partial charge is 0.278 e. The number of carbonyl (C=O) groups excluding carboxylic acids is 2. The summed E-state index contributed by atoms with van der Waals surface area (Å²) in [5.41, 5.74) is 1.36. The van der Waals surface area contributed by atoms with Crippen molar-refractivity contribution in [1.82, 2.24) is 15.6 Å². The van der Waals surface area contributed by atoms with E-state index in [0.717, 1.165) is 5.69 Å². The molecule has 1 aromatic carbocycles. The lowest BCUT2D eigenvalue weighted by molar-refractivity contribution is -0.132. The molecule has 1 fully saturated rings. The summed E-state index contributed by atoms with van der Waals surface area (Å²) in [6, 6.07) is 9.35. The van der Waals surface area contributed by atoms with Gasteiger partial charge in [0.15, 0.2) is 0 Å². The van der Waals surface area contributed by atoms with Gasteiger partial charge in [-0.1, -0.05) is 23.4 Å². The van der Waals surface area contributed by atoms with Gasteiger partial charge in [0, 0.05) is 12.2 Å². The molecule has 2 heterocycles. The molecule has 0 bridgehead atoms. The second-order valence-corrected chi connectivity index (χ2v) is 5.46. The monoisotopic (exact) mass is 330 g/mol. The lowest BCUT2D eigenvalue weighted by Crippen LogP contribution is -2.38. The number of aryl methyl sites for hydroxylation is 1. The third-order valence-corrected chi connectivity index (χ3v) is 3.84. The number of rotatable bonds is 6. The van der Waals surface area contributed by atoms with Gasteiger partial charge in [-0.3, -0.25) is 9.59 Å². The van der Waals surface area contributed by atoms with Crippen molar-refractivity contribution in [2.45, 2.75) is 13.3 Å². The van der Waals surface area contributed by atoms with Gasteiger partial charge in [0.2, 0.25) is 11.8 Å². The Kier molecular flexibility index (Phi) is 4.74. The molecule has 2 aromatic rings. The Hall–Kier alpha value is -2.90. The maximum atomic E-state index is 12.4. The Morgan fingerprint density at radius 3 is 2.88 bits per heavy atom. The molecule has 126 valence electrons. The first kappa shape index (κ1) is 16.0. The van der Waals surface area contributed by atoms with Gasteiger partial charge >= 0.3 is 0 Å². The maximum absolute atomic E-state index is 12.4. The van der Waals surface area contributed by atoms with Crippen molar-refractivity contribution in [2.75, 3.05) is 24.6 Å². The highest BCUT2D eigenvalue weighted by molar-refractivity contribution is 6.09. The number of benzene rings is 1. The predicted octanol–water partition coefficient (Wildman–Crippen LogP) is 0.926. The minimum absolute atomic E-state index is 0.170. The number of aromatic nitrogens is 2. The van der Waals surface area contributed by atoms with Gasteiger partial charge in [0.05, 0.1) is 6.54 Å². The minimum atomic E-state index is -0.652. The van der Waals surface area contributed by atoms with Gasteiger partial charge < -0.3 is 15.0 Å². The molecule has 2 amide bonds. The summed E-state index contributed by atoms with van der Waals surface area (Å²) < 4.78 is 9.84. The van der Waals surface area contributed by atoms with Crippen LogP contribution in [-0.2, 0) is 9.59 Å². The summed E-state index contributed by atoms with van der Waals surface area (Å²) in [6.07, 6.45) is 0.507. The summed E-state index contributed by atoms with van der Waals surface area (Å²) in [5.74, 6) is -0.801. The molecule has 8 nitrogen and oxygen atoms in total. The third kappa shape index (κ3) is 3.37. The molecule has 1 N–H and O–H groups in total. The summed E-state index contributed by atoms with van der Waals surface area (Å²) in [4.78, 5) is 26.3. The van der Waals surface area contributed by atoms with Crippen LogP contribution in [0.4, 0.5) is 5.69 Å². The lowest BCUT2D eigenvalue weighted by atomic mass is 10.1. The lowest BCUT2D eigenvalue weighted by Gasteiger charge is -2.16. The highest BCUT2D eigenvalue weighted by atomic mass is 16.6. The van der Waals surface area contributed by atoms with Crippen molar-refractivity contribution in [3.8, 4) is 5.88 Å². The molecule has 24 heavy (non-hydrogen) atoms. The molecule has 1 saturated heterocycles. The topological polar surface area (TPSA) is 97.6 Å². The summed E-state index contributed by atoms with van der Waals surface area (Å²) >= 11 is 0. The molecule has 3 rings (SSSR count). The van der Waals surface area contributed by atoms with Crippen molar-refractivity contribution in [3.63, 3.8) is 0 Å². The van der Waals surface area contributed by atoms with E-state index in [9.17, 15) is 9.59 Å². The highest BCUT2D eigenvalue weighted by Crippen LogP contribution is 2.24. The Balaban J connectivity index is 1.47. The van der Waals surface area contributed by atoms with Gasteiger partial charge in [0.25, 0.3) is 5.88 Å². The van der Waals surface area contributed by atoms with Crippen LogP contribution in [0, 0.1) is 12.8 Å². The average molecular weight is 330 g/mol. The Bertz CT molecular complexity index is 716. The first-order valence-electron chi connectivity index (χ1n) is 7.73. The van der Waals surface area contributed by atoms with Crippen LogP contribution in [0.15, 0.2) is 35.0 Å². The second-order valence-electron chi connectivity index (χ2n) is 5.46. The predicted molar refractivity (Wildman–Crippen MR) is 84.4 cm³/mol. The molecule has 1 aromatic heterocycles. The Morgan fingerprint density at radius 2 is 2.17 bits per heavy atom. The fraction of sp³-hybridized carbons (Fsp3) is 0.375. The van der Waals surface area contributed by atoms with Crippen LogP contribution in [0.5, 0.6) is 5.88 Å². The van der Waals surface area contributed by atoms with Crippen molar-refractivity contribution in [2.24, 2.45) is 5.92 Å². The average Bonchev–Trinajstić information content (AvgIpc) is 3.18.